The highest BCUT2D eigenvalue weighted by atomic mass is 16.5. The Morgan fingerprint density at radius 3 is 2.47 bits per heavy atom. The van der Waals surface area contributed by atoms with E-state index in [-0.39, 0.29) is 17.9 Å². The summed E-state index contributed by atoms with van der Waals surface area (Å²) in [6.45, 7) is 5.54. The lowest BCUT2D eigenvalue weighted by molar-refractivity contribution is -0.137. The van der Waals surface area contributed by atoms with Gasteiger partial charge in [0.25, 0.3) is 0 Å². The zero-order chi connectivity index (χ0) is 10.7. The van der Waals surface area contributed by atoms with Crippen molar-refractivity contribution in [2.45, 2.75) is 5.54 Å². The number of carbonyl (C=O) groups excluding carboxylic acids is 1. The molecule has 5 nitrogen and oxygen atoms in total. The van der Waals surface area contributed by atoms with Gasteiger partial charge in [0.1, 0.15) is 12.1 Å². The fourth-order valence-electron chi connectivity index (χ4n) is 2.48. The Morgan fingerprint density at radius 1 is 1.33 bits per heavy atom. The third kappa shape index (κ3) is 1.92. The monoisotopic (exact) mass is 213 g/mol. The Bertz CT molecular complexity index is 233. The first-order valence-corrected chi connectivity index (χ1v) is 5.48. The van der Waals surface area contributed by atoms with E-state index in [1.165, 1.54) is 0 Å². The van der Waals surface area contributed by atoms with E-state index in [1.807, 2.05) is 0 Å². The van der Waals surface area contributed by atoms with Crippen LogP contribution in [0.2, 0.25) is 0 Å². The van der Waals surface area contributed by atoms with Crippen molar-refractivity contribution in [3.8, 4) is 0 Å². The molecular formula is C10H19N3O2. The van der Waals surface area contributed by atoms with Crippen molar-refractivity contribution in [2.75, 3.05) is 53.0 Å². The molecule has 0 spiro atoms. The smallest absolute Gasteiger partial charge is 0.181 e. The van der Waals surface area contributed by atoms with Crippen LogP contribution in [0, 0.1) is 0 Å². The molecule has 0 radical (unpaired) electrons. The van der Waals surface area contributed by atoms with E-state index >= 15 is 0 Å². The summed E-state index contributed by atoms with van der Waals surface area (Å²) in [4.78, 5) is 14.4. The standard InChI is InChI=1S/C10H19N3O2/c1-15-6-9(14)10-7-11-2-4-13(10)5-3-12-8-10/h11-12H,2-8H2,1H3. The molecule has 2 aliphatic rings. The molecule has 0 atom stereocenters. The fraction of sp³-hybridized carbons (Fsp3) is 0.900. The number of hydrogen-bond acceptors (Lipinski definition) is 5. The van der Waals surface area contributed by atoms with Crippen molar-refractivity contribution >= 4 is 5.78 Å². The molecule has 0 aromatic heterocycles. The van der Waals surface area contributed by atoms with E-state index in [9.17, 15) is 4.79 Å². The summed E-state index contributed by atoms with van der Waals surface area (Å²) in [6, 6.07) is 0. The molecule has 0 aromatic carbocycles. The van der Waals surface area contributed by atoms with Gasteiger partial charge < -0.3 is 15.4 Å². The van der Waals surface area contributed by atoms with E-state index in [0.29, 0.717) is 0 Å². The molecule has 5 heteroatoms. The zero-order valence-electron chi connectivity index (χ0n) is 9.21. The van der Waals surface area contributed by atoms with Crippen LogP contribution in [0.4, 0.5) is 0 Å². The number of piperazine rings is 2. The number of nitrogens with one attached hydrogen (secondary N) is 2. The molecule has 2 heterocycles. The van der Waals surface area contributed by atoms with E-state index in [2.05, 4.69) is 15.5 Å². The van der Waals surface area contributed by atoms with Crippen LogP contribution in [0.5, 0.6) is 0 Å². The van der Waals surface area contributed by atoms with Gasteiger partial charge in [-0.3, -0.25) is 9.69 Å². The molecule has 15 heavy (non-hydrogen) atoms. The van der Waals surface area contributed by atoms with Crippen LogP contribution < -0.4 is 10.6 Å². The summed E-state index contributed by atoms with van der Waals surface area (Å²) in [5.74, 6) is 0.185. The number of carbonyl (C=O) groups is 1. The largest absolute Gasteiger partial charge is 0.377 e. The third-order valence-corrected chi connectivity index (χ3v) is 3.35. The molecular weight excluding hydrogens is 194 g/mol. The Labute approximate surface area is 90.1 Å². The molecule has 2 aliphatic heterocycles. The number of rotatable bonds is 3. The van der Waals surface area contributed by atoms with Crippen molar-refractivity contribution in [1.82, 2.24) is 15.5 Å². The second-order valence-electron chi connectivity index (χ2n) is 4.23. The molecule has 2 saturated heterocycles. The van der Waals surface area contributed by atoms with Gasteiger partial charge in [0.2, 0.25) is 0 Å². The van der Waals surface area contributed by atoms with Crippen molar-refractivity contribution in [3.05, 3.63) is 0 Å². The first-order chi connectivity index (χ1) is 7.29. The van der Waals surface area contributed by atoms with Crippen molar-refractivity contribution < 1.29 is 9.53 Å². The number of methoxy groups -OCH3 is 1. The Hall–Kier alpha value is -0.490. The number of nitrogens with zero attached hydrogens (tertiary/aromatic N) is 1. The van der Waals surface area contributed by atoms with Crippen molar-refractivity contribution in [1.29, 1.82) is 0 Å². The predicted octanol–water partition coefficient (Wildman–Crippen LogP) is -1.55. The molecule has 2 N–H and O–H groups in total. The summed E-state index contributed by atoms with van der Waals surface area (Å²) in [5, 5.41) is 6.61. The Kier molecular flexibility index (Phi) is 3.35. The quantitative estimate of drug-likeness (QED) is 0.594. The fourth-order valence-corrected chi connectivity index (χ4v) is 2.48. The van der Waals surface area contributed by atoms with Gasteiger partial charge in [0, 0.05) is 46.4 Å². The van der Waals surface area contributed by atoms with Crippen LogP contribution in [-0.2, 0) is 9.53 Å². The number of Topliss-reactive ketones (excluding diaryl/α,β-unsaturated/α-hetero) is 1. The SMILES string of the molecule is COCC(=O)C12CNCCN1CCNC2. The first kappa shape index (κ1) is 11.0. The van der Waals surface area contributed by atoms with Gasteiger partial charge in [0.15, 0.2) is 5.78 Å². The van der Waals surface area contributed by atoms with E-state index in [1.54, 1.807) is 7.11 Å². The second-order valence-corrected chi connectivity index (χ2v) is 4.23. The molecule has 86 valence electrons. The van der Waals surface area contributed by atoms with Crippen molar-refractivity contribution in [2.24, 2.45) is 0 Å². The third-order valence-electron chi connectivity index (χ3n) is 3.35. The molecule has 0 aromatic rings. The maximum Gasteiger partial charge on any atom is 0.181 e. The maximum absolute atomic E-state index is 12.1. The van der Waals surface area contributed by atoms with E-state index in [0.717, 1.165) is 39.3 Å². The normalized spacial score (nSPS) is 25.9. The van der Waals surface area contributed by atoms with Gasteiger partial charge in [-0.1, -0.05) is 0 Å². The molecule has 0 amide bonds. The van der Waals surface area contributed by atoms with E-state index in [4.69, 9.17) is 4.74 Å². The Balaban J connectivity index is 2.14. The van der Waals surface area contributed by atoms with Gasteiger partial charge >= 0.3 is 0 Å². The number of ketones is 1. The highest BCUT2D eigenvalue weighted by molar-refractivity contribution is 5.90. The minimum atomic E-state index is -0.369. The molecule has 0 saturated carbocycles. The van der Waals surface area contributed by atoms with Crippen LogP contribution >= 0.6 is 0 Å². The average Bonchev–Trinajstić information content (AvgIpc) is 2.29. The summed E-state index contributed by atoms with van der Waals surface area (Å²) in [6.07, 6.45) is 0. The molecule has 0 aliphatic carbocycles. The molecule has 2 rings (SSSR count). The molecule has 0 bridgehead atoms. The van der Waals surface area contributed by atoms with Crippen LogP contribution in [0.25, 0.3) is 0 Å². The lowest BCUT2D eigenvalue weighted by atomic mass is 9.88. The zero-order valence-corrected chi connectivity index (χ0v) is 9.21. The minimum absolute atomic E-state index is 0.185. The van der Waals surface area contributed by atoms with E-state index < -0.39 is 0 Å². The van der Waals surface area contributed by atoms with Crippen LogP contribution in [0.15, 0.2) is 0 Å². The van der Waals surface area contributed by atoms with Crippen molar-refractivity contribution in [3.63, 3.8) is 0 Å². The van der Waals surface area contributed by atoms with Gasteiger partial charge in [0.05, 0.1) is 0 Å². The summed E-state index contributed by atoms with van der Waals surface area (Å²) in [7, 11) is 1.57. The number of ether oxygens (including phenoxy) is 1. The first-order valence-electron chi connectivity index (χ1n) is 5.48. The van der Waals surface area contributed by atoms with Crippen LogP contribution in [-0.4, -0.2) is 69.2 Å². The second kappa shape index (κ2) is 4.57. The predicted molar refractivity (Wildman–Crippen MR) is 56.9 cm³/mol. The van der Waals surface area contributed by atoms with Gasteiger partial charge in [-0.25, -0.2) is 0 Å². The van der Waals surface area contributed by atoms with Gasteiger partial charge in [-0.2, -0.15) is 0 Å². The lowest BCUT2D eigenvalue weighted by Crippen LogP contribution is -2.73. The lowest BCUT2D eigenvalue weighted by Gasteiger charge is -2.49. The average molecular weight is 213 g/mol. The van der Waals surface area contributed by atoms with Gasteiger partial charge in [-0.05, 0) is 0 Å². The van der Waals surface area contributed by atoms with Gasteiger partial charge in [-0.15, -0.1) is 0 Å². The highest BCUT2D eigenvalue weighted by Gasteiger charge is 2.46. The number of fused-ring (bicyclic) bond motifs is 1. The van der Waals surface area contributed by atoms with Crippen LogP contribution in [0.1, 0.15) is 0 Å². The summed E-state index contributed by atoms with van der Waals surface area (Å²) < 4.78 is 4.97. The molecule has 0 unspecified atom stereocenters. The highest BCUT2D eigenvalue weighted by Crippen LogP contribution is 2.20. The van der Waals surface area contributed by atoms with Crippen LogP contribution in [0.3, 0.4) is 0 Å². The minimum Gasteiger partial charge on any atom is -0.377 e. The summed E-state index contributed by atoms with van der Waals surface area (Å²) in [5.41, 5.74) is -0.369. The Morgan fingerprint density at radius 2 is 1.93 bits per heavy atom. The maximum atomic E-state index is 12.1. The number of hydrogen-bond donors (Lipinski definition) is 2. The topological polar surface area (TPSA) is 53.6 Å². The summed E-state index contributed by atoms with van der Waals surface area (Å²) >= 11 is 0. The molecule has 2 fully saturated rings.